The molecular formula is C12H17NO3. The smallest absolute Gasteiger partial charge is 0.411 e. The van der Waals surface area contributed by atoms with Gasteiger partial charge in [-0.2, -0.15) is 0 Å². The Bertz CT molecular complexity index is 339. The average Bonchev–Trinajstić information content (AvgIpc) is 2.28. The zero-order chi connectivity index (χ0) is 11.8. The molecule has 0 spiro atoms. The van der Waals surface area contributed by atoms with Gasteiger partial charge in [0.1, 0.15) is 0 Å². The summed E-state index contributed by atoms with van der Waals surface area (Å²) in [5.74, 6) is 0. The highest BCUT2D eigenvalue weighted by Crippen LogP contribution is 2.16. The predicted octanol–water partition coefficient (Wildman–Crippen LogP) is 2.18. The minimum absolute atomic E-state index is 0.147. The molecule has 88 valence electrons. The fourth-order valence-corrected chi connectivity index (χ4v) is 1.41. The monoisotopic (exact) mass is 223 g/mol. The number of nitrogens with one attached hydrogen (secondary N) is 1. The number of aliphatic hydroxyl groups excluding tert-OH is 1. The molecule has 0 bridgehead atoms. The third-order valence-corrected chi connectivity index (χ3v) is 2.13. The number of aryl methyl sites for hydroxylation is 1. The number of para-hydroxylation sites is 1. The van der Waals surface area contributed by atoms with Gasteiger partial charge in [-0.1, -0.05) is 18.2 Å². The third kappa shape index (κ3) is 3.90. The first-order valence-electron chi connectivity index (χ1n) is 5.40. The van der Waals surface area contributed by atoms with Gasteiger partial charge in [0, 0.05) is 12.3 Å². The number of carbonyl (C=O) groups is 1. The van der Waals surface area contributed by atoms with Crippen molar-refractivity contribution in [2.24, 2.45) is 0 Å². The molecule has 0 saturated carbocycles. The maximum atomic E-state index is 11.3. The van der Waals surface area contributed by atoms with Crippen LogP contribution in [0.15, 0.2) is 24.3 Å². The van der Waals surface area contributed by atoms with E-state index >= 15 is 0 Å². The normalized spacial score (nSPS) is 9.88. The van der Waals surface area contributed by atoms with Crippen molar-refractivity contribution in [1.82, 2.24) is 0 Å². The van der Waals surface area contributed by atoms with Crippen LogP contribution in [0, 0.1) is 0 Å². The van der Waals surface area contributed by atoms with Crippen molar-refractivity contribution in [1.29, 1.82) is 0 Å². The molecule has 16 heavy (non-hydrogen) atoms. The molecule has 4 nitrogen and oxygen atoms in total. The number of hydrogen-bond acceptors (Lipinski definition) is 3. The summed E-state index contributed by atoms with van der Waals surface area (Å²) in [6, 6.07) is 7.51. The van der Waals surface area contributed by atoms with Crippen molar-refractivity contribution in [2.45, 2.75) is 19.8 Å². The van der Waals surface area contributed by atoms with E-state index in [0.29, 0.717) is 13.0 Å². The summed E-state index contributed by atoms with van der Waals surface area (Å²) >= 11 is 0. The molecule has 0 aliphatic heterocycles. The van der Waals surface area contributed by atoms with E-state index in [-0.39, 0.29) is 6.61 Å². The van der Waals surface area contributed by atoms with Gasteiger partial charge in [0.2, 0.25) is 0 Å². The van der Waals surface area contributed by atoms with Gasteiger partial charge in [-0.25, -0.2) is 4.79 Å². The Morgan fingerprint density at radius 1 is 1.44 bits per heavy atom. The second kappa shape index (κ2) is 6.85. The zero-order valence-electron chi connectivity index (χ0n) is 9.40. The highest BCUT2D eigenvalue weighted by molar-refractivity contribution is 5.85. The standard InChI is InChI=1S/C12H17NO3/c1-2-16-12(15)13-11-8-4-3-6-10(11)7-5-9-14/h3-4,6,8,14H,2,5,7,9H2,1H3,(H,13,15). The first-order valence-corrected chi connectivity index (χ1v) is 5.40. The van der Waals surface area contributed by atoms with Gasteiger partial charge in [-0.15, -0.1) is 0 Å². The molecule has 1 aromatic carbocycles. The summed E-state index contributed by atoms with van der Waals surface area (Å²) in [6.45, 7) is 2.26. The minimum Gasteiger partial charge on any atom is -0.450 e. The molecular weight excluding hydrogens is 206 g/mol. The lowest BCUT2D eigenvalue weighted by molar-refractivity contribution is 0.168. The Morgan fingerprint density at radius 2 is 2.19 bits per heavy atom. The molecule has 0 atom stereocenters. The summed E-state index contributed by atoms with van der Waals surface area (Å²) in [7, 11) is 0. The van der Waals surface area contributed by atoms with E-state index in [9.17, 15) is 4.79 Å². The lowest BCUT2D eigenvalue weighted by atomic mass is 10.1. The van der Waals surface area contributed by atoms with Gasteiger partial charge in [0.05, 0.1) is 6.61 Å². The number of amides is 1. The van der Waals surface area contributed by atoms with Crippen LogP contribution in [-0.4, -0.2) is 24.4 Å². The SMILES string of the molecule is CCOC(=O)Nc1ccccc1CCCO. The van der Waals surface area contributed by atoms with Crippen LogP contribution in [0.3, 0.4) is 0 Å². The summed E-state index contributed by atoms with van der Waals surface area (Å²) in [5.41, 5.74) is 1.75. The maximum Gasteiger partial charge on any atom is 0.411 e. The molecule has 0 aliphatic rings. The summed E-state index contributed by atoms with van der Waals surface area (Å²) < 4.78 is 4.81. The summed E-state index contributed by atoms with van der Waals surface area (Å²) in [4.78, 5) is 11.3. The highest BCUT2D eigenvalue weighted by atomic mass is 16.5. The van der Waals surface area contributed by atoms with Crippen LogP contribution in [0.4, 0.5) is 10.5 Å². The fraction of sp³-hybridized carbons (Fsp3) is 0.417. The van der Waals surface area contributed by atoms with Crippen LogP contribution in [0.1, 0.15) is 18.9 Å². The van der Waals surface area contributed by atoms with E-state index in [1.807, 2.05) is 24.3 Å². The summed E-state index contributed by atoms with van der Waals surface area (Å²) in [6.07, 6.45) is 0.972. The predicted molar refractivity (Wildman–Crippen MR) is 62.5 cm³/mol. The molecule has 0 aliphatic carbocycles. The number of anilines is 1. The zero-order valence-corrected chi connectivity index (χ0v) is 9.40. The molecule has 0 aromatic heterocycles. The van der Waals surface area contributed by atoms with E-state index in [4.69, 9.17) is 9.84 Å². The third-order valence-electron chi connectivity index (χ3n) is 2.13. The van der Waals surface area contributed by atoms with Gasteiger partial charge >= 0.3 is 6.09 Å². The van der Waals surface area contributed by atoms with Crippen molar-refractivity contribution in [3.63, 3.8) is 0 Å². The van der Waals surface area contributed by atoms with Crippen molar-refractivity contribution in [2.75, 3.05) is 18.5 Å². The van der Waals surface area contributed by atoms with E-state index in [1.165, 1.54) is 0 Å². The van der Waals surface area contributed by atoms with Crippen LogP contribution in [0.25, 0.3) is 0 Å². The first-order chi connectivity index (χ1) is 7.77. The molecule has 1 aromatic rings. The number of ether oxygens (including phenoxy) is 1. The van der Waals surface area contributed by atoms with Gasteiger partial charge in [0.25, 0.3) is 0 Å². The van der Waals surface area contributed by atoms with Crippen molar-refractivity contribution >= 4 is 11.8 Å². The van der Waals surface area contributed by atoms with Gasteiger partial charge in [0.15, 0.2) is 0 Å². The van der Waals surface area contributed by atoms with Crippen molar-refractivity contribution in [3.8, 4) is 0 Å². The van der Waals surface area contributed by atoms with Crippen LogP contribution < -0.4 is 5.32 Å². The molecule has 1 rings (SSSR count). The molecule has 0 radical (unpaired) electrons. The molecule has 0 fully saturated rings. The second-order valence-electron chi connectivity index (χ2n) is 3.33. The van der Waals surface area contributed by atoms with E-state index in [0.717, 1.165) is 17.7 Å². The van der Waals surface area contributed by atoms with E-state index < -0.39 is 6.09 Å². The van der Waals surface area contributed by atoms with Gasteiger partial charge < -0.3 is 9.84 Å². The topological polar surface area (TPSA) is 58.6 Å². The largest absolute Gasteiger partial charge is 0.450 e. The average molecular weight is 223 g/mol. The lowest BCUT2D eigenvalue weighted by Crippen LogP contribution is -2.14. The van der Waals surface area contributed by atoms with Crippen LogP contribution >= 0.6 is 0 Å². The Labute approximate surface area is 95.2 Å². The molecule has 0 unspecified atom stereocenters. The Hall–Kier alpha value is -1.55. The number of hydrogen-bond donors (Lipinski definition) is 2. The van der Waals surface area contributed by atoms with Crippen molar-refractivity contribution in [3.05, 3.63) is 29.8 Å². The molecule has 0 heterocycles. The lowest BCUT2D eigenvalue weighted by Gasteiger charge is -2.10. The quantitative estimate of drug-likeness (QED) is 0.804. The Kier molecular flexibility index (Phi) is 5.36. The van der Waals surface area contributed by atoms with Gasteiger partial charge in [-0.05, 0) is 31.4 Å². The second-order valence-corrected chi connectivity index (χ2v) is 3.33. The molecule has 0 saturated heterocycles. The van der Waals surface area contributed by atoms with Crippen LogP contribution in [0.5, 0.6) is 0 Å². The number of benzene rings is 1. The van der Waals surface area contributed by atoms with Gasteiger partial charge in [-0.3, -0.25) is 5.32 Å². The Morgan fingerprint density at radius 3 is 2.88 bits per heavy atom. The van der Waals surface area contributed by atoms with Crippen LogP contribution in [0.2, 0.25) is 0 Å². The summed E-state index contributed by atoms with van der Waals surface area (Å²) in [5, 5.41) is 11.5. The number of aliphatic hydroxyl groups is 1. The first kappa shape index (κ1) is 12.5. The fourth-order valence-electron chi connectivity index (χ4n) is 1.41. The van der Waals surface area contributed by atoms with E-state index in [1.54, 1.807) is 6.92 Å². The number of rotatable bonds is 5. The van der Waals surface area contributed by atoms with Crippen LogP contribution in [-0.2, 0) is 11.2 Å². The minimum atomic E-state index is -0.445. The van der Waals surface area contributed by atoms with Crippen molar-refractivity contribution < 1.29 is 14.6 Å². The Balaban J connectivity index is 2.66. The number of carbonyl (C=O) groups excluding carboxylic acids is 1. The molecule has 4 heteroatoms. The van der Waals surface area contributed by atoms with E-state index in [2.05, 4.69) is 5.32 Å². The molecule has 1 amide bonds. The molecule has 2 N–H and O–H groups in total. The highest BCUT2D eigenvalue weighted by Gasteiger charge is 2.05. The maximum absolute atomic E-state index is 11.3.